The van der Waals surface area contributed by atoms with Crippen molar-refractivity contribution in [3.63, 3.8) is 0 Å². The summed E-state index contributed by atoms with van der Waals surface area (Å²) in [6, 6.07) is 0. The lowest BCUT2D eigenvalue weighted by Crippen LogP contribution is -2.33. The molecule has 1 heterocycles. The molecular formula is C14H28N4. The molecule has 1 N–H and O–H groups in total. The standard InChI is InChI=1S/C14H28N4/c1-6-7-15-8-13-9-16-12-18(13)11-14(2,3)10-17(4)5/h9,12,15H,6-8,10-11H2,1-5H3. The number of hydrogen-bond donors (Lipinski definition) is 1. The molecule has 0 bridgehead atoms. The van der Waals surface area contributed by atoms with Gasteiger partial charge in [-0.2, -0.15) is 0 Å². The summed E-state index contributed by atoms with van der Waals surface area (Å²) in [7, 11) is 4.25. The number of aromatic nitrogens is 2. The molecule has 0 saturated carbocycles. The van der Waals surface area contributed by atoms with Crippen LogP contribution in [0.3, 0.4) is 0 Å². The van der Waals surface area contributed by atoms with E-state index in [1.807, 2.05) is 12.5 Å². The normalized spacial score (nSPS) is 12.3. The maximum absolute atomic E-state index is 4.27. The van der Waals surface area contributed by atoms with E-state index in [9.17, 15) is 0 Å². The van der Waals surface area contributed by atoms with E-state index in [-0.39, 0.29) is 5.41 Å². The van der Waals surface area contributed by atoms with Gasteiger partial charge in [0.15, 0.2) is 0 Å². The molecule has 0 unspecified atom stereocenters. The van der Waals surface area contributed by atoms with Crippen molar-refractivity contribution in [3.05, 3.63) is 18.2 Å². The van der Waals surface area contributed by atoms with Gasteiger partial charge in [0.2, 0.25) is 0 Å². The van der Waals surface area contributed by atoms with Gasteiger partial charge in [-0.25, -0.2) is 4.98 Å². The third-order valence-electron chi connectivity index (χ3n) is 2.87. The molecule has 0 aliphatic carbocycles. The first-order chi connectivity index (χ1) is 8.44. The molecule has 0 spiro atoms. The van der Waals surface area contributed by atoms with Crippen molar-refractivity contribution in [2.45, 2.75) is 40.3 Å². The topological polar surface area (TPSA) is 33.1 Å². The monoisotopic (exact) mass is 252 g/mol. The molecule has 0 saturated heterocycles. The number of nitrogens with one attached hydrogen (secondary N) is 1. The molecule has 0 aliphatic heterocycles. The quantitative estimate of drug-likeness (QED) is 0.718. The molecule has 4 heteroatoms. The molecule has 0 aromatic carbocycles. The fraction of sp³-hybridized carbons (Fsp3) is 0.786. The van der Waals surface area contributed by atoms with Gasteiger partial charge in [-0.1, -0.05) is 20.8 Å². The molecule has 0 fully saturated rings. The van der Waals surface area contributed by atoms with Crippen LogP contribution in [0.15, 0.2) is 12.5 Å². The van der Waals surface area contributed by atoms with Crippen LogP contribution in [-0.2, 0) is 13.1 Å². The summed E-state index contributed by atoms with van der Waals surface area (Å²) in [6.07, 6.45) is 5.08. The molecule has 0 amide bonds. The average molecular weight is 252 g/mol. The first kappa shape index (κ1) is 15.2. The van der Waals surface area contributed by atoms with E-state index in [1.54, 1.807) is 0 Å². The van der Waals surface area contributed by atoms with Gasteiger partial charge < -0.3 is 14.8 Å². The minimum Gasteiger partial charge on any atom is -0.333 e. The number of imidazole rings is 1. The van der Waals surface area contributed by atoms with E-state index in [2.05, 4.69) is 54.6 Å². The van der Waals surface area contributed by atoms with E-state index in [4.69, 9.17) is 0 Å². The van der Waals surface area contributed by atoms with Crippen LogP contribution in [0.25, 0.3) is 0 Å². The van der Waals surface area contributed by atoms with E-state index >= 15 is 0 Å². The van der Waals surface area contributed by atoms with Crippen LogP contribution in [0, 0.1) is 5.41 Å². The van der Waals surface area contributed by atoms with Crippen LogP contribution < -0.4 is 5.32 Å². The fourth-order valence-electron chi connectivity index (χ4n) is 2.40. The minimum absolute atomic E-state index is 0.254. The van der Waals surface area contributed by atoms with Crippen LogP contribution >= 0.6 is 0 Å². The second kappa shape index (κ2) is 6.90. The molecule has 1 rings (SSSR count). The van der Waals surface area contributed by atoms with E-state index in [0.717, 1.165) is 26.2 Å². The van der Waals surface area contributed by atoms with Crippen molar-refractivity contribution in [3.8, 4) is 0 Å². The Labute approximate surface area is 111 Å². The average Bonchev–Trinajstić information content (AvgIpc) is 2.63. The molecular weight excluding hydrogens is 224 g/mol. The van der Waals surface area contributed by atoms with Crippen molar-refractivity contribution in [2.24, 2.45) is 5.41 Å². The Morgan fingerprint density at radius 3 is 2.72 bits per heavy atom. The van der Waals surface area contributed by atoms with Gasteiger partial charge in [-0.15, -0.1) is 0 Å². The van der Waals surface area contributed by atoms with Crippen LogP contribution in [0.2, 0.25) is 0 Å². The summed E-state index contributed by atoms with van der Waals surface area (Å²) in [5.41, 5.74) is 1.53. The van der Waals surface area contributed by atoms with Gasteiger partial charge in [-0.3, -0.25) is 0 Å². The Kier molecular flexibility index (Phi) is 5.82. The summed E-state index contributed by atoms with van der Waals surface area (Å²) in [6.45, 7) is 10.8. The number of rotatable bonds is 8. The van der Waals surface area contributed by atoms with E-state index in [1.165, 1.54) is 12.1 Å². The van der Waals surface area contributed by atoms with Crippen molar-refractivity contribution in [2.75, 3.05) is 27.2 Å². The third kappa shape index (κ3) is 5.19. The van der Waals surface area contributed by atoms with Crippen molar-refractivity contribution >= 4 is 0 Å². The zero-order valence-corrected chi connectivity index (χ0v) is 12.5. The third-order valence-corrected chi connectivity index (χ3v) is 2.87. The van der Waals surface area contributed by atoms with Gasteiger partial charge in [0, 0.05) is 25.8 Å². The van der Waals surface area contributed by atoms with Crippen molar-refractivity contribution < 1.29 is 0 Å². The maximum Gasteiger partial charge on any atom is 0.0948 e. The second-order valence-electron chi connectivity index (χ2n) is 6.09. The lowest BCUT2D eigenvalue weighted by molar-refractivity contribution is 0.209. The molecule has 0 aliphatic rings. The smallest absolute Gasteiger partial charge is 0.0948 e. The Morgan fingerprint density at radius 2 is 2.11 bits per heavy atom. The lowest BCUT2D eigenvalue weighted by atomic mass is 9.93. The Bertz CT molecular complexity index is 341. The molecule has 1 aromatic heterocycles. The zero-order chi connectivity index (χ0) is 13.6. The van der Waals surface area contributed by atoms with Gasteiger partial charge >= 0.3 is 0 Å². The molecule has 4 nitrogen and oxygen atoms in total. The van der Waals surface area contributed by atoms with Crippen molar-refractivity contribution in [1.29, 1.82) is 0 Å². The maximum atomic E-state index is 4.27. The largest absolute Gasteiger partial charge is 0.333 e. The summed E-state index contributed by atoms with van der Waals surface area (Å²) < 4.78 is 2.27. The zero-order valence-electron chi connectivity index (χ0n) is 12.5. The molecule has 18 heavy (non-hydrogen) atoms. The molecule has 0 radical (unpaired) electrons. The van der Waals surface area contributed by atoms with E-state index < -0.39 is 0 Å². The van der Waals surface area contributed by atoms with Crippen LogP contribution in [0.1, 0.15) is 32.9 Å². The highest BCUT2D eigenvalue weighted by molar-refractivity contribution is 4.99. The Hall–Kier alpha value is -0.870. The second-order valence-corrected chi connectivity index (χ2v) is 6.09. The van der Waals surface area contributed by atoms with Gasteiger partial charge in [-0.05, 0) is 32.5 Å². The van der Waals surface area contributed by atoms with Crippen LogP contribution in [0.4, 0.5) is 0 Å². The summed E-state index contributed by atoms with van der Waals surface area (Å²) in [5, 5.41) is 3.43. The Morgan fingerprint density at radius 1 is 1.39 bits per heavy atom. The Balaban J connectivity index is 2.58. The summed E-state index contributed by atoms with van der Waals surface area (Å²) in [5.74, 6) is 0. The van der Waals surface area contributed by atoms with Gasteiger partial charge in [0.05, 0.1) is 12.0 Å². The predicted molar refractivity (Wildman–Crippen MR) is 76.6 cm³/mol. The first-order valence-corrected chi connectivity index (χ1v) is 6.79. The lowest BCUT2D eigenvalue weighted by Gasteiger charge is -2.29. The highest BCUT2D eigenvalue weighted by Crippen LogP contribution is 2.19. The molecule has 104 valence electrons. The summed E-state index contributed by atoms with van der Waals surface area (Å²) in [4.78, 5) is 6.52. The molecule has 0 atom stereocenters. The highest BCUT2D eigenvalue weighted by Gasteiger charge is 2.20. The molecule has 1 aromatic rings. The van der Waals surface area contributed by atoms with Crippen molar-refractivity contribution in [1.82, 2.24) is 19.8 Å². The number of hydrogen-bond acceptors (Lipinski definition) is 3. The van der Waals surface area contributed by atoms with Crippen LogP contribution in [0.5, 0.6) is 0 Å². The minimum atomic E-state index is 0.254. The number of nitrogens with zero attached hydrogens (tertiary/aromatic N) is 3. The van der Waals surface area contributed by atoms with E-state index in [0.29, 0.717) is 0 Å². The van der Waals surface area contributed by atoms with Gasteiger partial charge in [0.25, 0.3) is 0 Å². The predicted octanol–water partition coefficient (Wildman–Crippen LogP) is 1.97. The highest BCUT2D eigenvalue weighted by atomic mass is 15.1. The SMILES string of the molecule is CCCNCc1cncn1CC(C)(C)CN(C)C. The van der Waals surface area contributed by atoms with Crippen LogP contribution in [-0.4, -0.2) is 41.6 Å². The summed E-state index contributed by atoms with van der Waals surface area (Å²) >= 11 is 0. The van der Waals surface area contributed by atoms with Gasteiger partial charge in [0.1, 0.15) is 0 Å². The first-order valence-electron chi connectivity index (χ1n) is 6.79. The fourth-order valence-corrected chi connectivity index (χ4v) is 2.40.